The molecule has 0 spiro atoms. The fourth-order valence-corrected chi connectivity index (χ4v) is 15.8. The first kappa shape index (κ1) is 56.0. The summed E-state index contributed by atoms with van der Waals surface area (Å²) in [7, 11) is 0. The average molecular weight is 1230 g/mol. The van der Waals surface area contributed by atoms with Crippen molar-refractivity contribution in [1.29, 1.82) is 0 Å². The van der Waals surface area contributed by atoms with E-state index in [1.165, 1.54) is 148 Å². The van der Waals surface area contributed by atoms with Crippen LogP contribution in [0, 0.1) is 0 Å². The van der Waals surface area contributed by atoms with E-state index in [-0.39, 0.29) is 6.71 Å². The van der Waals surface area contributed by atoms with Crippen molar-refractivity contribution in [3.8, 4) is 89.0 Å². The van der Waals surface area contributed by atoms with Crippen molar-refractivity contribution in [2.75, 3.05) is 9.80 Å². The molecule has 0 aromatic heterocycles. The number of anilines is 6. The summed E-state index contributed by atoms with van der Waals surface area (Å²) in [6, 6.07) is 138. The molecule has 3 heteroatoms. The van der Waals surface area contributed by atoms with Crippen LogP contribution in [0.4, 0.5) is 34.1 Å². The lowest BCUT2D eigenvalue weighted by Crippen LogP contribution is -2.61. The Balaban J connectivity index is 0.810. The van der Waals surface area contributed by atoms with Crippen LogP contribution in [0.15, 0.2) is 370 Å². The maximum absolute atomic E-state index is 2.54. The van der Waals surface area contributed by atoms with Crippen LogP contribution in [0.2, 0.25) is 0 Å². The Labute approximate surface area is 565 Å². The minimum absolute atomic E-state index is 0.162. The fraction of sp³-hybridized carbons (Fsp3) is 0. The zero-order valence-corrected chi connectivity index (χ0v) is 53.2. The Morgan fingerprint density at radius 1 is 0.165 bits per heavy atom. The third-order valence-electron chi connectivity index (χ3n) is 20.4. The fourth-order valence-electron chi connectivity index (χ4n) is 15.8. The van der Waals surface area contributed by atoms with E-state index in [2.05, 4.69) is 380 Å². The molecule has 17 aromatic carbocycles. The maximum Gasteiger partial charge on any atom is 0.252 e. The van der Waals surface area contributed by atoms with Crippen molar-refractivity contribution in [2.24, 2.45) is 0 Å². The normalized spacial score (nSPS) is 12.3. The van der Waals surface area contributed by atoms with Crippen LogP contribution in [0.1, 0.15) is 0 Å². The monoisotopic (exact) mass is 1230 g/mol. The number of rotatable bonds is 10. The highest BCUT2D eigenvalue weighted by molar-refractivity contribution is 7.00. The molecule has 0 atom stereocenters. The van der Waals surface area contributed by atoms with Gasteiger partial charge >= 0.3 is 0 Å². The van der Waals surface area contributed by atoms with Crippen LogP contribution in [-0.2, 0) is 0 Å². The van der Waals surface area contributed by atoms with Crippen LogP contribution >= 0.6 is 0 Å². The lowest BCUT2D eigenvalue weighted by Gasteiger charge is -2.44. The van der Waals surface area contributed by atoms with E-state index in [0.29, 0.717) is 0 Å². The molecule has 0 unspecified atom stereocenters. The Bertz CT molecular complexity index is 5620. The molecular weight excluding hydrogens is 1170 g/mol. The molecule has 17 aromatic rings. The average Bonchev–Trinajstić information content (AvgIpc) is 0.698. The molecule has 2 nitrogen and oxygen atoms in total. The molecule has 2 aliphatic heterocycles. The van der Waals surface area contributed by atoms with E-state index >= 15 is 0 Å². The van der Waals surface area contributed by atoms with Crippen molar-refractivity contribution in [1.82, 2.24) is 0 Å². The second-order valence-corrected chi connectivity index (χ2v) is 25.9. The smallest absolute Gasteiger partial charge is 0.252 e. The Morgan fingerprint density at radius 2 is 0.402 bits per heavy atom. The maximum atomic E-state index is 2.54. The van der Waals surface area contributed by atoms with Gasteiger partial charge in [-0.25, -0.2) is 0 Å². The van der Waals surface area contributed by atoms with Gasteiger partial charge < -0.3 is 9.80 Å². The highest BCUT2D eigenvalue weighted by Gasteiger charge is 2.44. The van der Waals surface area contributed by atoms with Crippen molar-refractivity contribution in [2.45, 2.75) is 0 Å². The summed E-state index contributed by atoms with van der Waals surface area (Å²) < 4.78 is 0. The summed E-state index contributed by atoms with van der Waals surface area (Å²) in [6.45, 7) is -0.162. The van der Waals surface area contributed by atoms with Gasteiger partial charge in [0.2, 0.25) is 0 Å². The first-order valence-corrected chi connectivity index (χ1v) is 33.6. The molecule has 0 radical (unpaired) electrons. The summed E-state index contributed by atoms with van der Waals surface area (Å²) in [4.78, 5) is 5.08. The molecule has 0 bridgehead atoms. The standard InChI is InChI=1S/C94H61BN2/c1-5-22-68-56-72(40-36-62(68)18-1)82-28-11-9-26-80(82)66-44-50-78(51-45-66)96-90-54-48-76(86-32-15-13-30-84(86)74-42-38-64-20-3-7-24-70(64)58-74)60-88(90)95-89-61-77(87-33-16-14-31-85(87)75-43-39-65-21-4-8-25-71(65)59-75)49-55-91(89)97(93-35-17-34-92(96)94(93)95)79-52-46-67(47-53-79)81-27-10-12-29-83(81)73-41-37-63-19-2-6-23-69(63)57-73/h1-61H. The summed E-state index contributed by atoms with van der Waals surface area (Å²) in [5.74, 6) is 0. The van der Waals surface area contributed by atoms with E-state index < -0.39 is 0 Å². The second kappa shape index (κ2) is 23.2. The minimum atomic E-state index is -0.162. The molecule has 19 rings (SSSR count). The Kier molecular flexibility index (Phi) is 13.4. The molecule has 0 saturated heterocycles. The summed E-state index contributed by atoms with van der Waals surface area (Å²) in [5, 5.41) is 9.87. The number of fused-ring (bicyclic) bond motifs is 8. The zero-order valence-electron chi connectivity index (χ0n) is 53.2. The molecular formula is C94H61BN2. The summed E-state index contributed by atoms with van der Waals surface area (Å²) >= 11 is 0. The van der Waals surface area contributed by atoms with E-state index in [0.717, 1.165) is 34.1 Å². The van der Waals surface area contributed by atoms with Crippen LogP contribution in [-0.4, -0.2) is 6.71 Å². The number of nitrogens with zero attached hydrogens (tertiary/aromatic N) is 2. The van der Waals surface area contributed by atoms with Gasteiger partial charge in [0, 0.05) is 34.1 Å². The third-order valence-corrected chi connectivity index (χ3v) is 20.4. The number of benzene rings is 17. The molecule has 0 aliphatic carbocycles. The Hall–Kier alpha value is -12.6. The van der Waals surface area contributed by atoms with Gasteiger partial charge in [0.25, 0.3) is 6.71 Å². The van der Waals surface area contributed by atoms with E-state index in [4.69, 9.17) is 0 Å². The highest BCUT2D eigenvalue weighted by atomic mass is 15.2. The zero-order chi connectivity index (χ0) is 63.9. The van der Waals surface area contributed by atoms with Crippen molar-refractivity contribution in [3.05, 3.63) is 370 Å². The third kappa shape index (κ3) is 9.65. The van der Waals surface area contributed by atoms with Gasteiger partial charge in [0.15, 0.2) is 0 Å². The van der Waals surface area contributed by atoms with Crippen LogP contribution in [0.5, 0.6) is 0 Å². The molecule has 0 fully saturated rings. The minimum Gasteiger partial charge on any atom is -0.311 e. The largest absolute Gasteiger partial charge is 0.311 e. The molecule has 0 N–H and O–H groups in total. The van der Waals surface area contributed by atoms with Gasteiger partial charge in [0.1, 0.15) is 0 Å². The van der Waals surface area contributed by atoms with E-state index in [1.807, 2.05) is 0 Å². The highest BCUT2D eigenvalue weighted by Crippen LogP contribution is 2.48. The number of hydrogen-bond donors (Lipinski definition) is 0. The van der Waals surface area contributed by atoms with Gasteiger partial charge in [-0.1, -0.05) is 297 Å². The van der Waals surface area contributed by atoms with Crippen molar-refractivity contribution < 1.29 is 0 Å². The van der Waals surface area contributed by atoms with Crippen LogP contribution < -0.4 is 26.2 Å². The van der Waals surface area contributed by atoms with Crippen LogP contribution in [0.3, 0.4) is 0 Å². The second-order valence-electron chi connectivity index (χ2n) is 25.9. The quantitative estimate of drug-likeness (QED) is 0.126. The molecule has 2 heterocycles. The summed E-state index contributed by atoms with van der Waals surface area (Å²) in [6.07, 6.45) is 0. The van der Waals surface area contributed by atoms with Crippen LogP contribution in [0.25, 0.3) is 132 Å². The van der Waals surface area contributed by atoms with Crippen molar-refractivity contribution >= 4 is 100 Å². The molecule has 0 saturated carbocycles. The first-order valence-electron chi connectivity index (χ1n) is 33.6. The predicted octanol–water partition coefficient (Wildman–Crippen LogP) is 23.7. The van der Waals surface area contributed by atoms with Gasteiger partial charge in [-0.15, -0.1) is 0 Å². The molecule has 2 aliphatic rings. The van der Waals surface area contributed by atoms with Gasteiger partial charge in [-0.3, -0.25) is 0 Å². The molecule has 0 amide bonds. The van der Waals surface area contributed by atoms with Gasteiger partial charge in [-0.2, -0.15) is 0 Å². The van der Waals surface area contributed by atoms with E-state index in [9.17, 15) is 0 Å². The number of hydrogen-bond acceptors (Lipinski definition) is 2. The van der Waals surface area contributed by atoms with Gasteiger partial charge in [0.05, 0.1) is 0 Å². The Morgan fingerprint density at radius 3 is 0.701 bits per heavy atom. The lowest BCUT2D eigenvalue weighted by molar-refractivity contribution is 1.25. The lowest BCUT2D eigenvalue weighted by atomic mass is 9.33. The molecule has 97 heavy (non-hydrogen) atoms. The van der Waals surface area contributed by atoms with Crippen molar-refractivity contribution in [3.63, 3.8) is 0 Å². The van der Waals surface area contributed by atoms with E-state index in [1.54, 1.807) is 0 Å². The topological polar surface area (TPSA) is 6.48 Å². The predicted molar refractivity (Wildman–Crippen MR) is 414 cm³/mol. The SMILES string of the molecule is c1ccc(-c2ccc3ccccc3c2)c(-c2ccc(N3c4ccc(-c5ccccc5-c5ccc6ccccc6c5)cc4B4c5cc(-c6ccccc6-c6ccc7ccccc7c6)ccc5N(c5ccc(-c6ccccc6-c6ccc7ccccc7c6)cc5)c5cccc3c54)cc2)c1. The molecule has 450 valence electrons. The summed E-state index contributed by atoms with van der Waals surface area (Å²) in [5.41, 5.74) is 29.6. The first-order chi connectivity index (χ1) is 48.1. The van der Waals surface area contributed by atoms with Gasteiger partial charge in [-0.05, 0) is 221 Å².